The molecule has 0 spiro atoms. The van der Waals surface area contributed by atoms with E-state index < -0.39 is 0 Å². The fourth-order valence-corrected chi connectivity index (χ4v) is 3.73. The van der Waals surface area contributed by atoms with Crippen LogP contribution in [0.15, 0.2) is 47.4 Å². The molecular formula is C19H20N2O3S. The summed E-state index contributed by atoms with van der Waals surface area (Å²) in [5.41, 5.74) is 0.881. The third kappa shape index (κ3) is 4.39. The van der Waals surface area contributed by atoms with Gasteiger partial charge in [0.25, 0.3) is 11.1 Å². The van der Waals surface area contributed by atoms with Crippen molar-refractivity contribution in [1.82, 2.24) is 10.2 Å². The van der Waals surface area contributed by atoms with Crippen molar-refractivity contribution in [2.24, 2.45) is 5.92 Å². The van der Waals surface area contributed by atoms with Crippen molar-refractivity contribution in [1.29, 1.82) is 0 Å². The Morgan fingerprint density at radius 1 is 1.24 bits per heavy atom. The molecule has 5 nitrogen and oxygen atoms in total. The van der Waals surface area contributed by atoms with Crippen molar-refractivity contribution >= 4 is 34.9 Å². The van der Waals surface area contributed by atoms with Gasteiger partial charge in [0.2, 0.25) is 5.91 Å². The molecule has 1 aromatic carbocycles. The topological polar surface area (TPSA) is 66.5 Å². The lowest BCUT2D eigenvalue weighted by molar-refractivity contribution is -0.126. The summed E-state index contributed by atoms with van der Waals surface area (Å²) in [7, 11) is 0. The number of hydrogen-bond acceptors (Lipinski definition) is 4. The molecule has 0 aromatic heterocycles. The summed E-state index contributed by atoms with van der Waals surface area (Å²) in [6.45, 7) is 0.487. The van der Waals surface area contributed by atoms with E-state index in [0.717, 1.165) is 36.6 Å². The first-order valence-electron chi connectivity index (χ1n) is 8.38. The van der Waals surface area contributed by atoms with Crippen LogP contribution in [0.4, 0.5) is 4.79 Å². The van der Waals surface area contributed by atoms with Gasteiger partial charge >= 0.3 is 0 Å². The Labute approximate surface area is 151 Å². The maximum absolute atomic E-state index is 12.4. The molecule has 0 radical (unpaired) electrons. The highest BCUT2D eigenvalue weighted by Crippen LogP contribution is 2.31. The average Bonchev–Trinajstić information content (AvgIpc) is 2.90. The normalized spacial score (nSPS) is 21.8. The molecule has 1 atom stereocenters. The molecule has 1 fully saturated rings. The number of amides is 3. The smallest absolute Gasteiger partial charge is 0.293 e. The number of imide groups is 1. The second kappa shape index (κ2) is 8.16. The zero-order chi connectivity index (χ0) is 17.6. The van der Waals surface area contributed by atoms with Crippen molar-refractivity contribution in [3.05, 3.63) is 53.0 Å². The molecule has 1 aliphatic heterocycles. The predicted molar refractivity (Wildman–Crippen MR) is 98.6 cm³/mol. The monoisotopic (exact) mass is 356 g/mol. The number of carbonyl (C=O) groups is 3. The van der Waals surface area contributed by atoms with E-state index in [1.54, 1.807) is 6.08 Å². The van der Waals surface area contributed by atoms with E-state index in [-0.39, 0.29) is 36.1 Å². The maximum Gasteiger partial charge on any atom is 0.293 e. The van der Waals surface area contributed by atoms with Crippen LogP contribution in [-0.2, 0) is 9.59 Å². The lowest BCUT2D eigenvalue weighted by Crippen LogP contribution is -2.39. The van der Waals surface area contributed by atoms with Gasteiger partial charge in [0, 0.05) is 19.0 Å². The number of allylic oxidation sites excluding steroid dienone is 2. The Balaban J connectivity index is 1.53. The van der Waals surface area contributed by atoms with Crippen LogP contribution in [0.5, 0.6) is 0 Å². The van der Waals surface area contributed by atoms with Crippen molar-refractivity contribution in [2.45, 2.75) is 19.3 Å². The first-order valence-corrected chi connectivity index (χ1v) is 9.20. The van der Waals surface area contributed by atoms with E-state index in [4.69, 9.17) is 0 Å². The van der Waals surface area contributed by atoms with E-state index >= 15 is 0 Å². The van der Waals surface area contributed by atoms with Crippen molar-refractivity contribution in [2.75, 3.05) is 13.1 Å². The highest BCUT2D eigenvalue weighted by molar-refractivity contribution is 8.18. The summed E-state index contributed by atoms with van der Waals surface area (Å²) in [6, 6.07) is 9.42. The second-order valence-corrected chi connectivity index (χ2v) is 7.01. The number of nitrogens with one attached hydrogen (secondary N) is 1. The summed E-state index contributed by atoms with van der Waals surface area (Å²) < 4.78 is 0. The van der Waals surface area contributed by atoms with Gasteiger partial charge in [-0.25, -0.2) is 0 Å². The maximum atomic E-state index is 12.4. The molecule has 3 rings (SSSR count). The molecular weight excluding hydrogens is 336 g/mol. The summed E-state index contributed by atoms with van der Waals surface area (Å²) in [5, 5.41) is 2.55. The van der Waals surface area contributed by atoms with Gasteiger partial charge in [-0.05, 0) is 42.7 Å². The van der Waals surface area contributed by atoms with Crippen LogP contribution in [0.25, 0.3) is 6.08 Å². The molecule has 1 N–H and O–H groups in total. The zero-order valence-electron chi connectivity index (χ0n) is 13.8. The van der Waals surface area contributed by atoms with Crippen LogP contribution in [0, 0.1) is 5.92 Å². The quantitative estimate of drug-likeness (QED) is 0.650. The molecule has 1 aliphatic carbocycles. The van der Waals surface area contributed by atoms with Gasteiger partial charge in [0.05, 0.1) is 4.91 Å². The molecule has 6 heteroatoms. The first-order chi connectivity index (χ1) is 12.1. The lowest BCUT2D eigenvalue weighted by atomic mass is 9.94. The van der Waals surface area contributed by atoms with Gasteiger partial charge in [-0.2, -0.15) is 0 Å². The average molecular weight is 356 g/mol. The van der Waals surface area contributed by atoms with Crippen molar-refractivity contribution in [3.63, 3.8) is 0 Å². The molecule has 1 saturated heterocycles. The number of hydrogen-bond donors (Lipinski definition) is 1. The van der Waals surface area contributed by atoms with Crippen molar-refractivity contribution < 1.29 is 14.4 Å². The zero-order valence-corrected chi connectivity index (χ0v) is 14.6. The van der Waals surface area contributed by atoms with E-state index in [0.29, 0.717) is 4.91 Å². The lowest BCUT2D eigenvalue weighted by Gasteiger charge is -2.18. The Hall–Kier alpha value is -2.34. The molecule has 2 aliphatic rings. The number of nitrogens with zero attached hydrogens (tertiary/aromatic N) is 1. The molecule has 3 amide bonds. The number of carbonyl (C=O) groups excluding carboxylic acids is 3. The van der Waals surface area contributed by atoms with E-state index in [9.17, 15) is 14.4 Å². The number of rotatable bonds is 5. The van der Waals surface area contributed by atoms with Crippen LogP contribution < -0.4 is 5.32 Å². The Bertz CT molecular complexity index is 727. The highest BCUT2D eigenvalue weighted by atomic mass is 32.2. The van der Waals surface area contributed by atoms with Gasteiger partial charge in [-0.3, -0.25) is 19.3 Å². The van der Waals surface area contributed by atoms with Crippen LogP contribution in [0.3, 0.4) is 0 Å². The molecule has 1 heterocycles. The summed E-state index contributed by atoms with van der Waals surface area (Å²) in [4.78, 5) is 38.2. The highest BCUT2D eigenvalue weighted by Gasteiger charge is 2.34. The summed E-state index contributed by atoms with van der Waals surface area (Å²) >= 11 is 0.940. The van der Waals surface area contributed by atoms with E-state index in [1.807, 2.05) is 36.4 Å². The fourth-order valence-electron chi connectivity index (χ4n) is 2.86. The second-order valence-electron chi connectivity index (χ2n) is 6.02. The summed E-state index contributed by atoms with van der Waals surface area (Å²) in [5.74, 6) is -0.303. The Kier molecular flexibility index (Phi) is 5.71. The molecule has 25 heavy (non-hydrogen) atoms. The first kappa shape index (κ1) is 17.5. The minimum atomic E-state index is -0.297. The standard InChI is InChI=1S/C19H20N2O3S/c22-17(15-9-5-2-6-10-15)20-11-12-21-18(23)16(25-19(21)24)13-14-7-3-1-4-8-14/h1-5,7-8,13,15H,6,9-12H2,(H,20,22)/b16-13+/t15-/m1/s1. The van der Waals surface area contributed by atoms with Crippen LogP contribution in [-0.4, -0.2) is 35.0 Å². The SMILES string of the molecule is O=C(NCCN1C(=O)S/C(=C/c2ccccc2)C1=O)[C@@H]1CC=CCC1. The number of benzene rings is 1. The van der Waals surface area contributed by atoms with Gasteiger partial charge in [0.15, 0.2) is 0 Å². The van der Waals surface area contributed by atoms with Gasteiger partial charge in [-0.15, -0.1) is 0 Å². The summed E-state index contributed by atoms with van der Waals surface area (Å²) in [6.07, 6.45) is 8.36. The molecule has 0 bridgehead atoms. The van der Waals surface area contributed by atoms with Gasteiger partial charge in [0.1, 0.15) is 0 Å². The van der Waals surface area contributed by atoms with Crippen LogP contribution in [0.1, 0.15) is 24.8 Å². The minimum absolute atomic E-state index is 0.00195. The minimum Gasteiger partial charge on any atom is -0.354 e. The predicted octanol–water partition coefficient (Wildman–Crippen LogP) is 3.20. The Morgan fingerprint density at radius 3 is 2.76 bits per heavy atom. The molecule has 130 valence electrons. The molecule has 0 saturated carbocycles. The third-order valence-corrected chi connectivity index (χ3v) is 5.15. The van der Waals surface area contributed by atoms with Crippen LogP contribution >= 0.6 is 11.8 Å². The van der Waals surface area contributed by atoms with Crippen molar-refractivity contribution in [3.8, 4) is 0 Å². The number of thioether (sulfide) groups is 1. The van der Waals surface area contributed by atoms with E-state index in [2.05, 4.69) is 11.4 Å². The van der Waals surface area contributed by atoms with E-state index in [1.165, 1.54) is 4.90 Å². The molecule has 1 aromatic rings. The van der Waals surface area contributed by atoms with Crippen LogP contribution in [0.2, 0.25) is 0 Å². The third-order valence-electron chi connectivity index (χ3n) is 4.25. The Morgan fingerprint density at radius 2 is 2.04 bits per heavy atom. The fraction of sp³-hybridized carbons (Fsp3) is 0.316. The van der Waals surface area contributed by atoms with Gasteiger partial charge < -0.3 is 5.32 Å². The molecule has 0 unspecified atom stereocenters. The van der Waals surface area contributed by atoms with Gasteiger partial charge in [-0.1, -0.05) is 42.5 Å². The largest absolute Gasteiger partial charge is 0.354 e.